The van der Waals surface area contributed by atoms with E-state index in [1.165, 1.54) is 22.7 Å². The van der Waals surface area contributed by atoms with Crippen molar-refractivity contribution < 1.29 is 21.7 Å². The molecule has 174 valence electrons. The molecule has 0 saturated carbocycles. The summed E-state index contributed by atoms with van der Waals surface area (Å²) >= 11 is 0. The molecule has 1 aliphatic heterocycles. The van der Waals surface area contributed by atoms with Crippen LogP contribution >= 0.6 is 24.0 Å². The molecular formula is C20H25FIN5O4S. The number of guanidine groups is 1. The van der Waals surface area contributed by atoms with Gasteiger partial charge < -0.3 is 19.2 Å². The number of nitrogens with one attached hydrogen (secondary N) is 1. The average molecular weight is 577 g/mol. The monoisotopic (exact) mass is 577 g/mol. The molecule has 0 amide bonds. The highest BCUT2D eigenvalue weighted by atomic mass is 127. The van der Waals surface area contributed by atoms with Gasteiger partial charge in [0.25, 0.3) is 0 Å². The molecule has 3 heterocycles. The number of piperazine rings is 1. The van der Waals surface area contributed by atoms with E-state index in [4.69, 9.17) is 8.94 Å². The first-order valence-electron chi connectivity index (χ1n) is 9.87. The van der Waals surface area contributed by atoms with E-state index in [2.05, 4.69) is 15.5 Å². The van der Waals surface area contributed by atoms with Crippen molar-refractivity contribution in [2.24, 2.45) is 4.99 Å². The third kappa shape index (κ3) is 5.23. The molecule has 3 aromatic rings. The van der Waals surface area contributed by atoms with Crippen molar-refractivity contribution in [3.8, 4) is 0 Å². The first kappa shape index (κ1) is 24.5. The van der Waals surface area contributed by atoms with Gasteiger partial charge in [0.15, 0.2) is 5.96 Å². The summed E-state index contributed by atoms with van der Waals surface area (Å²) in [6, 6.07) is 6.01. The van der Waals surface area contributed by atoms with Crippen LogP contribution in [0.2, 0.25) is 0 Å². The highest BCUT2D eigenvalue weighted by Gasteiger charge is 2.29. The van der Waals surface area contributed by atoms with E-state index in [1.807, 2.05) is 11.8 Å². The maximum atomic E-state index is 13.5. The maximum absolute atomic E-state index is 13.5. The zero-order valence-corrected chi connectivity index (χ0v) is 20.9. The molecule has 2 aromatic heterocycles. The minimum Gasteiger partial charge on any atom is -0.459 e. The zero-order chi connectivity index (χ0) is 22.0. The molecule has 1 fully saturated rings. The number of fused-ring (bicyclic) bond motifs is 1. The lowest BCUT2D eigenvalue weighted by Crippen LogP contribution is -2.53. The number of sulfonamides is 1. The standard InChI is InChI=1S/C20H24FN5O4S.HI/c1-14-17-11-15(21)3-4-18(17)30-19(14)12-23-20(22-2)25-6-8-26(9-7-25)31(27,28)13-16-5-10-29-24-16;/h3-5,10-11H,6-9,12-13H2,1-2H3,(H,22,23);1H. The number of nitrogens with zero attached hydrogens (tertiary/aromatic N) is 4. The van der Waals surface area contributed by atoms with Crippen LogP contribution in [0.15, 0.2) is 44.5 Å². The number of aliphatic imine (C=N–C) groups is 1. The number of aromatic nitrogens is 1. The summed E-state index contributed by atoms with van der Waals surface area (Å²) in [6.07, 6.45) is 1.36. The van der Waals surface area contributed by atoms with Crippen molar-refractivity contribution in [1.29, 1.82) is 0 Å². The molecule has 9 nitrogen and oxygen atoms in total. The molecule has 0 radical (unpaired) electrons. The molecule has 0 atom stereocenters. The van der Waals surface area contributed by atoms with Crippen molar-refractivity contribution in [3.05, 3.63) is 53.4 Å². The average Bonchev–Trinajstić information content (AvgIpc) is 3.37. The van der Waals surface area contributed by atoms with Gasteiger partial charge in [-0.05, 0) is 25.1 Å². The summed E-state index contributed by atoms with van der Waals surface area (Å²) in [4.78, 5) is 6.31. The van der Waals surface area contributed by atoms with Crippen LogP contribution < -0.4 is 5.32 Å². The first-order chi connectivity index (χ1) is 14.9. The van der Waals surface area contributed by atoms with Gasteiger partial charge in [0, 0.05) is 50.2 Å². The van der Waals surface area contributed by atoms with Crippen molar-refractivity contribution >= 4 is 50.9 Å². The Labute approximate surface area is 202 Å². The van der Waals surface area contributed by atoms with Crippen LogP contribution in [0.1, 0.15) is 17.0 Å². The fourth-order valence-electron chi connectivity index (χ4n) is 3.67. The van der Waals surface area contributed by atoms with Crippen LogP contribution in [0.5, 0.6) is 0 Å². The molecule has 0 bridgehead atoms. The van der Waals surface area contributed by atoms with Gasteiger partial charge in [-0.3, -0.25) is 4.99 Å². The minimum atomic E-state index is -3.46. The summed E-state index contributed by atoms with van der Waals surface area (Å²) in [5.41, 5.74) is 1.90. The number of rotatable bonds is 5. The summed E-state index contributed by atoms with van der Waals surface area (Å²) in [6.45, 7) is 3.99. The Morgan fingerprint density at radius 2 is 2.00 bits per heavy atom. The molecule has 0 unspecified atom stereocenters. The second-order valence-electron chi connectivity index (χ2n) is 7.32. The Bertz CT molecular complexity index is 1190. The zero-order valence-electron chi connectivity index (χ0n) is 17.7. The van der Waals surface area contributed by atoms with Crippen LogP contribution in [0.3, 0.4) is 0 Å². The Hall–Kier alpha value is -2.19. The van der Waals surface area contributed by atoms with Gasteiger partial charge in [0.05, 0.1) is 12.2 Å². The Morgan fingerprint density at radius 3 is 2.66 bits per heavy atom. The normalized spacial score (nSPS) is 15.7. The predicted octanol–water partition coefficient (Wildman–Crippen LogP) is 2.71. The van der Waals surface area contributed by atoms with Gasteiger partial charge >= 0.3 is 0 Å². The van der Waals surface area contributed by atoms with Crippen LogP contribution in [0.4, 0.5) is 4.39 Å². The second kappa shape index (κ2) is 10.2. The van der Waals surface area contributed by atoms with Gasteiger partial charge in [-0.1, -0.05) is 5.16 Å². The number of aryl methyl sites for hydroxylation is 1. The lowest BCUT2D eigenvalue weighted by Gasteiger charge is -2.35. The second-order valence-corrected chi connectivity index (χ2v) is 9.29. The first-order valence-corrected chi connectivity index (χ1v) is 11.5. The molecule has 1 saturated heterocycles. The molecule has 0 spiro atoms. The van der Waals surface area contributed by atoms with Crippen molar-refractivity contribution in [2.75, 3.05) is 33.2 Å². The maximum Gasteiger partial charge on any atom is 0.220 e. The predicted molar refractivity (Wildman–Crippen MR) is 129 cm³/mol. The summed E-state index contributed by atoms with van der Waals surface area (Å²) in [5, 5.41) is 7.69. The minimum absolute atomic E-state index is 0. The highest BCUT2D eigenvalue weighted by molar-refractivity contribution is 14.0. The summed E-state index contributed by atoms with van der Waals surface area (Å²) < 4.78 is 50.7. The third-order valence-corrected chi connectivity index (χ3v) is 7.18. The van der Waals surface area contributed by atoms with E-state index in [0.29, 0.717) is 55.7 Å². The molecule has 32 heavy (non-hydrogen) atoms. The van der Waals surface area contributed by atoms with Crippen LogP contribution in [0.25, 0.3) is 11.0 Å². The largest absolute Gasteiger partial charge is 0.459 e. The fourth-order valence-corrected chi connectivity index (χ4v) is 5.10. The number of furan rings is 1. The molecule has 0 aliphatic carbocycles. The SMILES string of the molecule is CN=C(NCc1oc2ccc(F)cc2c1C)N1CCN(S(=O)(=O)Cc2ccon2)CC1.I. The highest BCUT2D eigenvalue weighted by Crippen LogP contribution is 2.26. The van der Waals surface area contributed by atoms with Crippen molar-refractivity contribution in [1.82, 2.24) is 19.7 Å². The Balaban J connectivity index is 0.00000289. The van der Waals surface area contributed by atoms with E-state index in [1.54, 1.807) is 19.2 Å². The van der Waals surface area contributed by atoms with E-state index >= 15 is 0 Å². The Kier molecular flexibility index (Phi) is 7.77. The third-order valence-electron chi connectivity index (χ3n) is 5.37. The quantitative estimate of drug-likeness (QED) is 0.283. The fraction of sp³-hybridized carbons (Fsp3) is 0.400. The molecule has 1 N–H and O–H groups in total. The van der Waals surface area contributed by atoms with Gasteiger partial charge in [-0.25, -0.2) is 12.8 Å². The van der Waals surface area contributed by atoms with E-state index in [0.717, 1.165) is 10.9 Å². The van der Waals surface area contributed by atoms with Crippen LogP contribution in [-0.4, -0.2) is 62.0 Å². The van der Waals surface area contributed by atoms with Gasteiger partial charge in [0.2, 0.25) is 10.0 Å². The molecule has 1 aromatic carbocycles. The van der Waals surface area contributed by atoms with Gasteiger partial charge in [0.1, 0.15) is 29.2 Å². The molecule has 12 heteroatoms. The van der Waals surface area contributed by atoms with E-state index in [-0.39, 0.29) is 35.5 Å². The van der Waals surface area contributed by atoms with E-state index < -0.39 is 10.0 Å². The Morgan fingerprint density at radius 1 is 1.25 bits per heavy atom. The van der Waals surface area contributed by atoms with E-state index in [9.17, 15) is 12.8 Å². The summed E-state index contributed by atoms with van der Waals surface area (Å²) in [7, 11) is -1.79. The van der Waals surface area contributed by atoms with Crippen LogP contribution in [-0.2, 0) is 22.3 Å². The van der Waals surface area contributed by atoms with Crippen molar-refractivity contribution in [2.45, 2.75) is 19.2 Å². The molecule has 1 aliphatic rings. The topological polar surface area (TPSA) is 104 Å². The number of halogens is 2. The number of hydrogen-bond donors (Lipinski definition) is 1. The van der Waals surface area contributed by atoms with Crippen molar-refractivity contribution in [3.63, 3.8) is 0 Å². The smallest absolute Gasteiger partial charge is 0.220 e. The number of benzene rings is 1. The summed E-state index contributed by atoms with van der Waals surface area (Å²) in [5.74, 6) is 0.876. The van der Waals surface area contributed by atoms with Gasteiger partial charge in [-0.15, -0.1) is 24.0 Å². The molecule has 4 rings (SSSR count). The van der Waals surface area contributed by atoms with Gasteiger partial charge in [-0.2, -0.15) is 4.31 Å². The lowest BCUT2D eigenvalue weighted by atomic mass is 10.1. The number of hydrogen-bond acceptors (Lipinski definition) is 6. The molecular weight excluding hydrogens is 552 g/mol. The lowest BCUT2D eigenvalue weighted by molar-refractivity contribution is 0.259. The van der Waals surface area contributed by atoms with Crippen LogP contribution in [0, 0.1) is 12.7 Å².